The molecule has 0 aliphatic rings. The van der Waals surface area contributed by atoms with Gasteiger partial charge in [-0.1, -0.05) is 78.6 Å². The summed E-state index contributed by atoms with van der Waals surface area (Å²) in [6.45, 7) is 0.955. The van der Waals surface area contributed by atoms with Crippen molar-refractivity contribution in [2.45, 2.75) is 13.2 Å². The maximum atomic E-state index is 11.7. The quantitative estimate of drug-likeness (QED) is 0.647. The molecule has 1 amide bonds. The molecule has 3 aromatic carbocycles. The van der Waals surface area contributed by atoms with Crippen molar-refractivity contribution in [3.63, 3.8) is 0 Å². The Morgan fingerprint density at radius 2 is 1.50 bits per heavy atom. The normalized spacial score (nSPS) is 9.71. The lowest BCUT2D eigenvalue weighted by Crippen LogP contribution is -2.24. The molecule has 4 heteroatoms. The molecule has 1 N–H and O–H groups in total. The highest BCUT2D eigenvalue weighted by Crippen LogP contribution is 2.14. The highest BCUT2D eigenvalue weighted by atomic mass is 16.5. The first-order valence-corrected chi connectivity index (χ1v) is 9.00. The van der Waals surface area contributed by atoms with Crippen LogP contribution in [-0.4, -0.2) is 12.6 Å². The van der Waals surface area contributed by atoms with Gasteiger partial charge in [-0.15, -0.1) is 0 Å². The van der Waals surface area contributed by atoms with E-state index in [-0.39, 0.29) is 13.2 Å². The molecule has 0 aromatic heterocycles. The van der Waals surface area contributed by atoms with Gasteiger partial charge in [0.2, 0.25) is 0 Å². The average Bonchev–Trinajstić information content (AvgIpc) is 2.76. The summed E-state index contributed by atoms with van der Waals surface area (Å²) in [5.41, 5.74) is 2.87. The van der Waals surface area contributed by atoms with Gasteiger partial charge in [0, 0.05) is 5.56 Å². The molecule has 0 atom stereocenters. The van der Waals surface area contributed by atoms with Gasteiger partial charge in [-0.25, -0.2) is 4.79 Å². The molecular formula is C24H21NO3. The molecule has 0 aliphatic heterocycles. The average molecular weight is 371 g/mol. The molecule has 0 radical (unpaired) electrons. The van der Waals surface area contributed by atoms with Crippen LogP contribution in [0.3, 0.4) is 0 Å². The maximum Gasteiger partial charge on any atom is 0.408 e. The Hall–Kier alpha value is -3.71. The van der Waals surface area contributed by atoms with Crippen molar-refractivity contribution >= 4 is 6.09 Å². The summed E-state index contributed by atoms with van der Waals surface area (Å²) in [6, 6.07) is 27.1. The number of rotatable bonds is 6. The summed E-state index contributed by atoms with van der Waals surface area (Å²) in [4.78, 5) is 11.7. The Labute approximate surface area is 165 Å². The van der Waals surface area contributed by atoms with Crippen LogP contribution >= 0.6 is 0 Å². The summed E-state index contributed by atoms with van der Waals surface area (Å²) in [5, 5.41) is 2.62. The fraction of sp³-hybridized carbons (Fsp3) is 0.125. The smallest absolute Gasteiger partial charge is 0.408 e. The number of carbonyl (C=O) groups excluding carboxylic acids is 1. The number of amides is 1. The minimum atomic E-state index is -0.488. The van der Waals surface area contributed by atoms with E-state index in [0.29, 0.717) is 6.61 Å². The van der Waals surface area contributed by atoms with Crippen molar-refractivity contribution in [1.29, 1.82) is 0 Å². The number of hydrogen-bond acceptors (Lipinski definition) is 3. The van der Waals surface area contributed by atoms with Gasteiger partial charge >= 0.3 is 6.09 Å². The van der Waals surface area contributed by atoms with Crippen molar-refractivity contribution in [2.75, 3.05) is 6.54 Å². The molecule has 0 aliphatic carbocycles. The lowest BCUT2D eigenvalue weighted by molar-refractivity contribution is 0.141. The third-order valence-corrected chi connectivity index (χ3v) is 3.85. The van der Waals surface area contributed by atoms with E-state index in [1.165, 1.54) is 0 Å². The first kappa shape index (κ1) is 19.1. The molecule has 0 spiro atoms. The van der Waals surface area contributed by atoms with Crippen LogP contribution in [0.4, 0.5) is 4.79 Å². The number of hydrogen-bond donors (Lipinski definition) is 1. The topological polar surface area (TPSA) is 47.6 Å². The predicted octanol–water partition coefficient (Wildman–Crippen LogP) is 4.54. The lowest BCUT2D eigenvalue weighted by Gasteiger charge is -2.06. The number of ether oxygens (including phenoxy) is 2. The number of alkyl carbamates (subject to hydrolysis) is 1. The molecule has 28 heavy (non-hydrogen) atoms. The zero-order chi connectivity index (χ0) is 19.4. The zero-order valence-electron chi connectivity index (χ0n) is 15.4. The molecule has 0 unspecified atom stereocenters. The van der Waals surface area contributed by atoms with Crippen LogP contribution in [0.5, 0.6) is 5.75 Å². The summed E-state index contributed by atoms with van der Waals surface area (Å²) >= 11 is 0. The van der Waals surface area contributed by atoms with Gasteiger partial charge in [0.05, 0.1) is 6.54 Å². The largest absolute Gasteiger partial charge is 0.489 e. The third-order valence-electron chi connectivity index (χ3n) is 3.85. The van der Waals surface area contributed by atoms with E-state index in [9.17, 15) is 4.79 Å². The second-order valence-corrected chi connectivity index (χ2v) is 6.02. The highest BCUT2D eigenvalue weighted by molar-refractivity contribution is 5.67. The van der Waals surface area contributed by atoms with Gasteiger partial charge in [0.15, 0.2) is 0 Å². The molecule has 0 heterocycles. The molecule has 0 saturated carbocycles. The summed E-state index contributed by atoms with van der Waals surface area (Å²) < 4.78 is 10.9. The monoisotopic (exact) mass is 371 g/mol. The molecular weight excluding hydrogens is 350 g/mol. The first-order valence-electron chi connectivity index (χ1n) is 9.00. The van der Waals surface area contributed by atoms with Crippen molar-refractivity contribution in [3.05, 3.63) is 102 Å². The fourth-order valence-corrected chi connectivity index (χ4v) is 2.44. The Balaban J connectivity index is 1.43. The number of nitrogens with one attached hydrogen (secondary N) is 1. The molecule has 0 fully saturated rings. The lowest BCUT2D eigenvalue weighted by atomic mass is 10.2. The Bertz CT molecular complexity index is 944. The van der Waals surface area contributed by atoms with E-state index in [2.05, 4.69) is 17.2 Å². The van der Waals surface area contributed by atoms with Gasteiger partial charge in [-0.05, 0) is 29.3 Å². The Morgan fingerprint density at radius 1 is 0.821 bits per heavy atom. The predicted molar refractivity (Wildman–Crippen MR) is 109 cm³/mol. The van der Waals surface area contributed by atoms with Gasteiger partial charge in [0.25, 0.3) is 0 Å². The molecule has 3 rings (SSSR count). The summed E-state index contributed by atoms with van der Waals surface area (Å²) in [6.07, 6.45) is -0.488. The fourth-order valence-electron chi connectivity index (χ4n) is 2.44. The van der Waals surface area contributed by atoms with Crippen LogP contribution in [0, 0.1) is 11.8 Å². The van der Waals surface area contributed by atoms with Crippen molar-refractivity contribution in [1.82, 2.24) is 5.32 Å². The van der Waals surface area contributed by atoms with Crippen LogP contribution in [0.25, 0.3) is 0 Å². The number of benzene rings is 3. The SMILES string of the molecule is O=C(NCC#Cc1cccc(OCc2ccccc2)c1)OCc1ccccc1. The van der Waals surface area contributed by atoms with Gasteiger partial charge in [0.1, 0.15) is 19.0 Å². The molecule has 140 valence electrons. The van der Waals surface area contributed by atoms with E-state index in [4.69, 9.17) is 9.47 Å². The van der Waals surface area contributed by atoms with Gasteiger partial charge < -0.3 is 14.8 Å². The van der Waals surface area contributed by atoms with Gasteiger partial charge in [-0.2, -0.15) is 0 Å². The summed E-state index contributed by atoms with van der Waals surface area (Å²) in [5.74, 6) is 6.68. The van der Waals surface area contributed by atoms with Crippen LogP contribution in [0.2, 0.25) is 0 Å². The Morgan fingerprint density at radius 3 is 2.21 bits per heavy atom. The van der Waals surface area contributed by atoms with E-state index in [0.717, 1.165) is 22.4 Å². The molecule has 4 nitrogen and oxygen atoms in total. The maximum absolute atomic E-state index is 11.7. The second-order valence-electron chi connectivity index (χ2n) is 6.02. The third kappa shape index (κ3) is 6.54. The zero-order valence-corrected chi connectivity index (χ0v) is 15.4. The Kier molecular flexibility index (Phi) is 7.11. The highest BCUT2D eigenvalue weighted by Gasteiger charge is 2.00. The molecule has 0 bridgehead atoms. The van der Waals surface area contributed by atoms with Crippen LogP contribution in [0.1, 0.15) is 16.7 Å². The van der Waals surface area contributed by atoms with E-state index in [1.807, 2.05) is 84.9 Å². The minimum Gasteiger partial charge on any atom is -0.489 e. The minimum absolute atomic E-state index is 0.211. The van der Waals surface area contributed by atoms with Crippen molar-refractivity contribution in [3.8, 4) is 17.6 Å². The molecule has 0 saturated heterocycles. The van der Waals surface area contributed by atoms with Gasteiger partial charge in [-0.3, -0.25) is 0 Å². The van der Waals surface area contributed by atoms with Crippen LogP contribution in [0.15, 0.2) is 84.9 Å². The van der Waals surface area contributed by atoms with E-state index in [1.54, 1.807) is 0 Å². The van der Waals surface area contributed by atoms with Crippen molar-refractivity contribution < 1.29 is 14.3 Å². The molecule has 3 aromatic rings. The van der Waals surface area contributed by atoms with Crippen LogP contribution < -0.4 is 10.1 Å². The standard InChI is InChI=1S/C24H21NO3/c26-24(28-19-22-11-5-2-6-12-22)25-16-8-14-20-13-7-15-23(17-20)27-18-21-9-3-1-4-10-21/h1-7,9-13,15,17H,16,18-19H2,(H,25,26). The number of carbonyl (C=O) groups is 1. The second kappa shape index (κ2) is 10.4. The van der Waals surface area contributed by atoms with E-state index >= 15 is 0 Å². The summed E-state index contributed by atoms with van der Waals surface area (Å²) in [7, 11) is 0. The first-order chi connectivity index (χ1) is 13.8. The van der Waals surface area contributed by atoms with Crippen molar-refractivity contribution in [2.24, 2.45) is 0 Å². The van der Waals surface area contributed by atoms with E-state index < -0.39 is 6.09 Å². The van der Waals surface area contributed by atoms with Crippen LogP contribution in [-0.2, 0) is 18.0 Å².